The zero-order chi connectivity index (χ0) is 19.7. The van der Waals surface area contributed by atoms with Gasteiger partial charge in [-0.3, -0.25) is 5.43 Å². The van der Waals surface area contributed by atoms with Gasteiger partial charge in [0.2, 0.25) is 0 Å². The second-order valence-corrected chi connectivity index (χ2v) is 5.87. The predicted octanol–water partition coefficient (Wildman–Crippen LogP) is 2.42. The molecule has 4 N–H and O–H groups in total. The lowest BCUT2D eigenvalue weighted by Gasteiger charge is -2.30. The first-order valence-electron chi connectivity index (χ1n) is 7.71. The summed E-state index contributed by atoms with van der Waals surface area (Å²) in [4.78, 5) is 8.90. The molecule has 26 heavy (non-hydrogen) atoms. The number of piperidine rings is 1. The quantitative estimate of drug-likeness (QED) is 0.519. The summed E-state index contributed by atoms with van der Waals surface area (Å²) in [6.07, 6.45) is -3.06. The largest absolute Gasteiger partial charge is 0.492 e. The molecule has 1 aromatic carbocycles. The standard InChI is InChI=1S/C13H19ClFN3O.C2HF3O2/c14-12-2-1-11(9-13(12)15)19-8-5-17-18-6-3-10(16)4-7-18;3-2(4,5)1(6)7/h1-2,9-10,17H,3-8,16H2;(H,6,7). The maximum absolute atomic E-state index is 13.2. The third-order valence-corrected chi connectivity index (χ3v) is 3.69. The second kappa shape index (κ2) is 10.5. The average Bonchev–Trinajstić information content (AvgIpc) is 2.56. The van der Waals surface area contributed by atoms with Crippen LogP contribution in [0.5, 0.6) is 5.75 Å². The van der Waals surface area contributed by atoms with E-state index in [0.29, 0.717) is 24.9 Å². The van der Waals surface area contributed by atoms with Gasteiger partial charge in [-0.15, -0.1) is 0 Å². The molecular weight excluding hydrogens is 382 g/mol. The molecule has 1 fully saturated rings. The van der Waals surface area contributed by atoms with Crippen molar-refractivity contribution in [1.29, 1.82) is 0 Å². The minimum atomic E-state index is -5.08. The van der Waals surface area contributed by atoms with E-state index in [1.165, 1.54) is 12.1 Å². The molecule has 0 amide bonds. The molecule has 0 aromatic heterocycles. The van der Waals surface area contributed by atoms with Crippen molar-refractivity contribution in [3.05, 3.63) is 29.0 Å². The number of halogens is 5. The summed E-state index contributed by atoms with van der Waals surface area (Å²) < 4.78 is 50.3. The Morgan fingerprint density at radius 1 is 1.38 bits per heavy atom. The van der Waals surface area contributed by atoms with Crippen LogP contribution in [-0.2, 0) is 4.79 Å². The smallest absolute Gasteiger partial charge is 0.490 e. The van der Waals surface area contributed by atoms with Gasteiger partial charge in [0, 0.05) is 31.7 Å². The van der Waals surface area contributed by atoms with Crippen molar-refractivity contribution in [3.63, 3.8) is 0 Å². The van der Waals surface area contributed by atoms with Crippen molar-refractivity contribution in [2.45, 2.75) is 25.1 Å². The van der Waals surface area contributed by atoms with E-state index in [1.807, 2.05) is 0 Å². The van der Waals surface area contributed by atoms with Crippen LogP contribution in [0, 0.1) is 5.82 Å². The van der Waals surface area contributed by atoms with Crippen LogP contribution >= 0.6 is 11.6 Å². The number of carboxylic acids is 1. The van der Waals surface area contributed by atoms with Gasteiger partial charge in [-0.2, -0.15) is 13.2 Å². The zero-order valence-corrected chi connectivity index (χ0v) is 14.5. The normalized spacial score (nSPS) is 15.9. The van der Waals surface area contributed by atoms with Gasteiger partial charge >= 0.3 is 12.1 Å². The molecule has 0 spiro atoms. The van der Waals surface area contributed by atoms with Crippen LogP contribution in [0.2, 0.25) is 5.02 Å². The second-order valence-electron chi connectivity index (χ2n) is 5.46. The Kier molecular flexibility index (Phi) is 9.06. The molecular formula is C15H20ClF4N3O3. The number of benzene rings is 1. The Hall–Kier alpha value is -1.62. The Balaban J connectivity index is 0.000000412. The molecule has 6 nitrogen and oxygen atoms in total. The van der Waals surface area contributed by atoms with Gasteiger partial charge in [0.25, 0.3) is 0 Å². The van der Waals surface area contributed by atoms with Gasteiger partial charge in [-0.05, 0) is 25.0 Å². The van der Waals surface area contributed by atoms with Crippen LogP contribution in [0.3, 0.4) is 0 Å². The highest BCUT2D eigenvalue weighted by atomic mass is 35.5. The van der Waals surface area contributed by atoms with E-state index in [9.17, 15) is 17.6 Å². The van der Waals surface area contributed by atoms with Gasteiger partial charge in [0.1, 0.15) is 18.2 Å². The topological polar surface area (TPSA) is 87.8 Å². The molecule has 1 aliphatic heterocycles. The molecule has 0 unspecified atom stereocenters. The van der Waals surface area contributed by atoms with Gasteiger partial charge in [0.05, 0.1) is 5.02 Å². The van der Waals surface area contributed by atoms with Gasteiger partial charge < -0.3 is 15.6 Å². The number of carbonyl (C=O) groups is 1. The Labute approximate surface area is 152 Å². The zero-order valence-electron chi connectivity index (χ0n) is 13.7. The van der Waals surface area contributed by atoms with Crippen LogP contribution < -0.4 is 15.9 Å². The fraction of sp³-hybridized carbons (Fsp3) is 0.533. The molecule has 1 aliphatic rings. The van der Waals surface area contributed by atoms with Crippen LogP contribution in [0.15, 0.2) is 18.2 Å². The number of nitrogens with zero attached hydrogens (tertiary/aromatic N) is 1. The molecule has 1 saturated heterocycles. The lowest BCUT2D eigenvalue weighted by Crippen LogP contribution is -2.48. The molecule has 0 radical (unpaired) electrons. The molecule has 0 atom stereocenters. The first kappa shape index (κ1) is 22.4. The Morgan fingerprint density at radius 3 is 2.46 bits per heavy atom. The highest BCUT2D eigenvalue weighted by Crippen LogP contribution is 2.20. The molecule has 1 heterocycles. The maximum atomic E-state index is 13.2. The van der Waals surface area contributed by atoms with Crippen molar-refractivity contribution >= 4 is 17.6 Å². The molecule has 0 aliphatic carbocycles. The first-order chi connectivity index (χ1) is 12.1. The monoisotopic (exact) mass is 401 g/mol. The number of ether oxygens (including phenoxy) is 1. The number of nitrogens with two attached hydrogens (primary N) is 1. The van der Waals surface area contributed by atoms with E-state index < -0.39 is 18.0 Å². The van der Waals surface area contributed by atoms with Crippen molar-refractivity contribution in [2.24, 2.45) is 5.73 Å². The van der Waals surface area contributed by atoms with Gasteiger partial charge in [0.15, 0.2) is 0 Å². The number of carboxylic acid groups (broad SMARTS) is 1. The summed E-state index contributed by atoms with van der Waals surface area (Å²) >= 11 is 5.60. The summed E-state index contributed by atoms with van der Waals surface area (Å²) in [6.45, 7) is 3.07. The van der Waals surface area contributed by atoms with Crippen LogP contribution in [-0.4, -0.2) is 54.5 Å². The van der Waals surface area contributed by atoms with Crippen LogP contribution in [0.25, 0.3) is 0 Å². The Morgan fingerprint density at radius 2 is 1.96 bits per heavy atom. The van der Waals surface area contributed by atoms with Crippen molar-refractivity contribution < 1.29 is 32.2 Å². The molecule has 11 heteroatoms. The SMILES string of the molecule is NC1CCN(NCCOc2ccc(Cl)c(F)c2)CC1.O=C(O)C(F)(F)F. The first-order valence-corrected chi connectivity index (χ1v) is 8.09. The average molecular weight is 402 g/mol. The van der Waals surface area contributed by atoms with E-state index in [2.05, 4.69) is 10.4 Å². The number of hydrogen-bond acceptors (Lipinski definition) is 5. The van der Waals surface area contributed by atoms with E-state index >= 15 is 0 Å². The van der Waals surface area contributed by atoms with Crippen molar-refractivity contribution in [2.75, 3.05) is 26.2 Å². The fourth-order valence-electron chi connectivity index (χ4n) is 2.00. The predicted molar refractivity (Wildman–Crippen MR) is 87.4 cm³/mol. The summed E-state index contributed by atoms with van der Waals surface area (Å²) in [7, 11) is 0. The minimum absolute atomic E-state index is 0.107. The lowest BCUT2D eigenvalue weighted by atomic mass is 10.1. The Bertz CT molecular complexity index is 582. The lowest BCUT2D eigenvalue weighted by molar-refractivity contribution is -0.192. The molecule has 1 aromatic rings. The van der Waals surface area contributed by atoms with Gasteiger partial charge in [-0.25, -0.2) is 14.2 Å². The summed E-state index contributed by atoms with van der Waals surface area (Å²) in [6, 6.07) is 4.77. The third kappa shape index (κ3) is 8.65. The highest BCUT2D eigenvalue weighted by molar-refractivity contribution is 6.30. The summed E-state index contributed by atoms with van der Waals surface area (Å²) in [5.74, 6) is -2.73. The molecule has 0 bridgehead atoms. The van der Waals surface area contributed by atoms with Crippen molar-refractivity contribution in [3.8, 4) is 5.75 Å². The van der Waals surface area contributed by atoms with E-state index in [4.69, 9.17) is 32.0 Å². The number of rotatable bonds is 5. The molecule has 148 valence electrons. The number of hydrazine groups is 1. The van der Waals surface area contributed by atoms with Crippen LogP contribution in [0.1, 0.15) is 12.8 Å². The maximum Gasteiger partial charge on any atom is 0.490 e. The molecule has 2 rings (SSSR count). The van der Waals surface area contributed by atoms with Crippen LogP contribution in [0.4, 0.5) is 17.6 Å². The van der Waals surface area contributed by atoms with Crippen molar-refractivity contribution in [1.82, 2.24) is 10.4 Å². The molecule has 0 saturated carbocycles. The highest BCUT2D eigenvalue weighted by Gasteiger charge is 2.38. The minimum Gasteiger partial charge on any atom is -0.492 e. The van der Waals surface area contributed by atoms with E-state index in [-0.39, 0.29) is 5.02 Å². The van der Waals surface area contributed by atoms with Gasteiger partial charge in [-0.1, -0.05) is 11.6 Å². The summed E-state index contributed by atoms with van der Waals surface area (Å²) in [5, 5.41) is 9.38. The number of aliphatic carboxylic acids is 1. The van der Waals surface area contributed by atoms with E-state index in [1.54, 1.807) is 6.07 Å². The number of nitrogens with one attached hydrogen (secondary N) is 1. The fourth-order valence-corrected chi connectivity index (χ4v) is 2.11. The van der Waals surface area contributed by atoms with E-state index in [0.717, 1.165) is 25.9 Å². The number of alkyl halides is 3. The number of hydrogen-bond donors (Lipinski definition) is 3. The summed E-state index contributed by atoms with van der Waals surface area (Å²) in [5.41, 5.74) is 9.10. The third-order valence-electron chi connectivity index (χ3n) is 3.38.